The van der Waals surface area contributed by atoms with Gasteiger partial charge in [0.25, 0.3) is 0 Å². The molecule has 0 atom stereocenters. The van der Waals surface area contributed by atoms with Crippen LogP contribution in [0.3, 0.4) is 0 Å². The fraction of sp³-hybridized carbons (Fsp3) is 0.480. The summed E-state index contributed by atoms with van der Waals surface area (Å²) in [6.07, 6.45) is 7.63. The minimum atomic E-state index is 0. The first-order chi connectivity index (χ1) is 12.5. The standard InChI is InChI=1S/C16H24O2.C8H10.CH4/c1-3-4-5-6-7-8-13-18-16-11-9-15(10-12-16)14(2)17;1-7-3-5-8(2)6-4-7;/h9-12H,3-8,13H2,1-2H3;3-6H,1-2H3;1H4. The molecule has 2 aromatic rings. The average Bonchev–Trinajstić information content (AvgIpc) is 2.64. The summed E-state index contributed by atoms with van der Waals surface area (Å²) in [5.74, 6) is 0.950. The Balaban J connectivity index is 0.000000629. The Morgan fingerprint density at radius 3 is 1.74 bits per heavy atom. The zero-order chi connectivity index (χ0) is 19.2. The second-order valence-corrected chi connectivity index (χ2v) is 6.85. The number of unbranched alkanes of at least 4 members (excludes halogenated alkanes) is 5. The van der Waals surface area contributed by atoms with E-state index in [4.69, 9.17) is 4.74 Å². The van der Waals surface area contributed by atoms with Crippen LogP contribution in [-0.4, -0.2) is 12.4 Å². The van der Waals surface area contributed by atoms with E-state index < -0.39 is 0 Å². The molecule has 0 aromatic heterocycles. The van der Waals surface area contributed by atoms with Gasteiger partial charge in [-0.05, 0) is 51.5 Å². The molecule has 0 aliphatic rings. The minimum Gasteiger partial charge on any atom is -0.494 e. The minimum absolute atomic E-state index is 0. The average molecular weight is 371 g/mol. The normalized spacial score (nSPS) is 9.63. The summed E-state index contributed by atoms with van der Waals surface area (Å²) in [6, 6.07) is 15.9. The Bertz CT molecular complexity index is 591. The number of Topliss-reactive ketones (excluding diaryl/α,β-unsaturated/α-hetero) is 1. The van der Waals surface area contributed by atoms with Crippen molar-refractivity contribution in [3.8, 4) is 5.75 Å². The van der Waals surface area contributed by atoms with Crippen LogP contribution in [0.4, 0.5) is 0 Å². The van der Waals surface area contributed by atoms with Gasteiger partial charge in [-0.25, -0.2) is 0 Å². The summed E-state index contributed by atoms with van der Waals surface area (Å²) < 4.78 is 5.64. The van der Waals surface area contributed by atoms with Gasteiger partial charge < -0.3 is 4.74 Å². The Hall–Kier alpha value is -2.09. The number of benzene rings is 2. The van der Waals surface area contributed by atoms with E-state index in [1.165, 1.54) is 43.2 Å². The van der Waals surface area contributed by atoms with E-state index in [9.17, 15) is 4.79 Å². The molecular formula is C25H38O2. The summed E-state index contributed by atoms with van der Waals surface area (Å²) in [7, 11) is 0. The molecule has 150 valence electrons. The van der Waals surface area contributed by atoms with Crippen LogP contribution in [0, 0.1) is 13.8 Å². The highest BCUT2D eigenvalue weighted by molar-refractivity contribution is 5.94. The van der Waals surface area contributed by atoms with Gasteiger partial charge in [0.15, 0.2) is 5.78 Å². The lowest BCUT2D eigenvalue weighted by molar-refractivity contribution is 0.101. The van der Waals surface area contributed by atoms with Gasteiger partial charge >= 0.3 is 0 Å². The number of carbonyl (C=O) groups is 1. The van der Waals surface area contributed by atoms with E-state index in [2.05, 4.69) is 45.0 Å². The first kappa shape index (κ1) is 24.9. The number of hydrogen-bond donors (Lipinski definition) is 0. The molecule has 0 fully saturated rings. The summed E-state index contributed by atoms with van der Waals surface area (Å²) in [4.78, 5) is 11.1. The smallest absolute Gasteiger partial charge is 0.159 e. The van der Waals surface area contributed by atoms with Crippen LogP contribution in [0.15, 0.2) is 48.5 Å². The van der Waals surface area contributed by atoms with Gasteiger partial charge in [-0.15, -0.1) is 0 Å². The van der Waals surface area contributed by atoms with Crippen molar-refractivity contribution in [2.24, 2.45) is 0 Å². The highest BCUT2D eigenvalue weighted by Crippen LogP contribution is 2.13. The number of rotatable bonds is 9. The van der Waals surface area contributed by atoms with Crippen molar-refractivity contribution in [3.63, 3.8) is 0 Å². The van der Waals surface area contributed by atoms with Crippen molar-refractivity contribution >= 4 is 5.78 Å². The second kappa shape index (κ2) is 15.0. The van der Waals surface area contributed by atoms with Crippen molar-refractivity contribution in [2.45, 2.75) is 73.6 Å². The molecule has 0 aliphatic heterocycles. The van der Waals surface area contributed by atoms with Gasteiger partial charge in [-0.3, -0.25) is 4.79 Å². The van der Waals surface area contributed by atoms with E-state index in [-0.39, 0.29) is 13.2 Å². The van der Waals surface area contributed by atoms with Crippen LogP contribution < -0.4 is 4.74 Å². The molecule has 2 heteroatoms. The van der Waals surface area contributed by atoms with Gasteiger partial charge in [-0.1, -0.05) is 81.8 Å². The van der Waals surface area contributed by atoms with E-state index in [1.807, 2.05) is 24.3 Å². The molecule has 0 saturated carbocycles. The third-order valence-corrected chi connectivity index (χ3v) is 4.25. The van der Waals surface area contributed by atoms with E-state index in [1.54, 1.807) is 6.92 Å². The number of carbonyl (C=O) groups excluding carboxylic acids is 1. The fourth-order valence-electron chi connectivity index (χ4n) is 2.50. The van der Waals surface area contributed by atoms with Crippen LogP contribution >= 0.6 is 0 Å². The molecule has 0 N–H and O–H groups in total. The topological polar surface area (TPSA) is 26.3 Å². The molecule has 0 spiro atoms. The summed E-state index contributed by atoms with van der Waals surface area (Å²) in [5.41, 5.74) is 3.40. The molecule has 0 saturated heterocycles. The SMILES string of the molecule is C.CCCCCCCCOc1ccc(C(C)=O)cc1.Cc1ccc(C)cc1. The van der Waals surface area contributed by atoms with Crippen LogP contribution in [0.5, 0.6) is 5.75 Å². The number of aryl methyl sites for hydroxylation is 2. The molecule has 2 nitrogen and oxygen atoms in total. The Morgan fingerprint density at radius 2 is 1.26 bits per heavy atom. The highest BCUT2D eigenvalue weighted by atomic mass is 16.5. The monoisotopic (exact) mass is 370 g/mol. The zero-order valence-electron chi connectivity index (χ0n) is 16.9. The van der Waals surface area contributed by atoms with Crippen molar-refractivity contribution in [2.75, 3.05) is 6.61 Å². The predicted octanol–water partition coefficient (Wildman–Crippen LogP) is 7.57. The van der Waals surface area contributed by atoms with E-state index in [0.717, 1.165) is 24.3 Å². The van der Waals surface area contributed by atoms with Crippen molar-refractivity contribution in [1.29, 1.82) is 0 Å². The van der Waals surface area contributed by atoms with Crippen molar-refractivity contribution < 1.29 is 9.53 Å². The van der Waals surface area contributed by atoms with Crippen molar-refractivity contribution in [1.82, 2.24) is 0 Å². The van der Waals surface area contributed by atoms with E-state index in [0.29, 0.717) is 0 Å². The van der Waals surface area contributed by atoms with Crippen LogP contribution in [0.2, 0.25) is 0 Å². The summed E-state index contributed by atoms with van der Waals surface area (Å²) in [5, 5.41) is 0. The maximum absolute atomic E-state index is 11.1. The maximum Gasteiger partial charge on any atom is 0.159 e. The molecule has 0 heterocycles. The van der Waals surface area contributed by atoms with Gasteiger partial charge in [0.2, 0.25) is 0 Å². The highest BCUT2D eigenvalue weighted by Gasteiger charge is 1.99. The lowest BCUT2D eigenvalue weighted by Crippen LogP contribution is -1.98. The molecule has 2 aromatic carbocycles. The number of hydrogen-bond acceptors (Lipinski definition) is 2. The zero-order valence-corrected chi connectivity index (χ0v) is 16.9. The van der Waals surface area contributed by atoms with Crippen LogP contribution in [0.25, 0.3) is 0 Å². The van der Waals surface area contributed by atoms with Gasteiger partial charge in [-0.2, -0.15) is 0 Å². The van der Waals surface area contributed by atoms with Crippen LogP contribution in [-0.2, 0) is 0 Å². The van der Waals surface area contributed by atoms with Gasteiger partial charge in [0, 0.05) is 5.56 Å². The third kappa shape index (κ3) is 12.0. The van der Waals surface area contributed by atoms with E-state index >= 15 is 0 Å². The first-order valence-electron chi connectivity index (χ1n) is 9.80. The molecule has 0 bridgehead atoms. The van der Waals surface area contributed by atoms with Gasteiger partial charge in [0.05, 0.1) is 6.61 Å². The Labute approximate surface area is 167 Å². The molecule has 27 heavy (non-hydrogen) atoms. The quantitative estimate of drug-likeness (QED) is 0.336. The Morgan fingerprint density at radius 1 is 0.778 bits per heavy atom. The number of ketones is 1. The van der Waals surface area contributed by atoms with Crippen LogP contribution in [0.1, 0.15) is 81.3 Å². The fourth-order valence-corrected chi connectivity index (χ4v) is 2.50. The third-order valence-electron chi connectivity index (χ3n) is 4.25. The summed E-state index contributed by atoms with van der Waals surface area (Å²) in [6.45, 7) is 8.77. The largest absolute Gasteiger partial charge is 0.494 e. The molecule has 0 amide bonds. The molecule has 2 rings (SSSR count). The number of ether oxygens (including phenoxy) is 1. The summed E-state index contributed by atoms with van der Waals surface area (Å²) >= 11 is 0. The molecule has 0 unspecified atom stereocenters. The lowest BCUT2D eigenvalue weighted by Gasteiger charge is -2.06. The molecular weight excluding hydrogens is 332 g/mol. The maximum atomic E-state index is 11.1. The Kier molecular flexibility index (Phi) is 13.9. The second-order valence-electron chi connectivity index (χ2n) is 6.85. The lowest BCUT2D eigenvalue weighted by atomic mass is 10.1. The molecule has 0 radical (unpaired) electrons. The van der Waals surface area contributed by atoms with Gasteiger partial charge in [0.1, 0.15) is 5.75 Å². The van der Waals surface area contributed by atoms with Crippen molar-refractivity contribution in [3.05, 3.63) is 65.2 Å². The first-order valence-corrected chi connectivity index (χ1v) is 9.80. The predicted molar refractivity (Wildman–Crippen MR) is 118 cm³/mol. The molecule has 0 aliphatic carbocycles.